The van der Waals surface area contributed by atoms with Crippen LogP contribution in [-0.2, 0) is 4.79 Å². The van der Waals surface area contributed by atoms with Gasteiger partial charge in [0.25, 0.3) is 5.91 Å². The molecule has 2 aromatic heterocycles. The minimum Gasteiger partial charge on any atom is -0.467 e. The fraction of sp³-hybridized carbons (Fsp3) is 0.350. The van der Waals surface area contributed by atoms with Crippen LogP contribution in [0.1, 0.15) is 40.1 Å². The van der Waals surface area contributed by atoms with Gasteiger partial charge in [0.2, 0.25) is 5.88 Å². The Hall–Kier alpha value is -2.47. The molecule has 3 rings (SSSR count). The number of amides is 1. The number of aryl methyl sites for hydroxylation is 4. The number of nitrogens with one attached hydrogen (secondary N) is 1. The summed E-state index contributed by atoms with van der Waals surface area (Å²) in [6.45, 7) is 10.1. The van der Waals surface area contributed by atoms with E-state index < -0.39 is 0 Å². The van der Waals surface area contributed by atoms with Crippen molar-refractivity contribution in [1.82, 2.24) is 15.3 Å². The SMILES string of the molecule is Cc1ccc(C(C)NC(=O)COc2ncnc3sc(C)c(C)c23)cc1C. The highest BCUT2D eigenvalue weighted by atomic mass is 32.1. The molecule has 1 N–H and O–H groups in total. The van der Waals surface area contributed by atoms with Gasteiger partial charge in [0.1, 0.15) is 11.2 Å². The largest absolute Gasteiger partial charge is 0.467 e. The molecule has 1 amide bonds. The van der Waals surface area contributed by atoms with Gasteiger partial charge in [-0.25, -0.2) is 9.97 Å². The minimum atomic E-state index is -0.174. The Kier molecular flexibility index (Phi) is 5.23. The van der Waals surface area contributed by atoms with Crippen molar-refractivity contribution in [3.8, 4) is 5.88 Å². The Morgan fingerprint density at radius 3 is 2.69 bits per heavy atom. The fourth-order valence-corrected chi connectivity index (χ4v) is 3.78. The minimum absolute atomic E-state index is 0.0738. The lowest BCUT2D eigenvalue weighted by Gasteiger charge is -2.16. The van der Waals surface area contributed by atoms with Gasteiger partial charge in [0.05, 0.1) is 11.4 Å². The first-order chi connectivity index (χ1) is 12.4. The molecule has 0 aliphatic heterocycles. The summed E-state index contributed by atoms with van der Waals surface area (Å²) in [6, 6.07) is 6.14. The van der Waals surface area contributed by atoms with Gasteiger partial charge >= 0.3 is 0 Å². The molecule has 0 saturated heterocycles. The molecule has 0 aliphatic rings. The van der Waals surface area contributed by atoms with Crippen molar-refractivity contribution in [3.63, 3.8) is 0 Å². The smallest absolute Gasteiger partial charge is 0.258 e. The summed E-state index contributed by atoms with van der Waals surface area (Å²) in [5, 5.41) is 3.87. The van der Waals surface area contributed by atoms with Crippen LogP contribution in [0.3, 0.4) is 0 Å². The Balaban J connectivity index is 1.67. The van der Waals surface area contributed by atoms with Crippen molar-refractivity contribution in [3.05, 3.63) is 51.7 Å². The van der Waals surface area contributed by atoms with E-state index in [2.05, 4.69) is 41.3 Å². The lowest BCUT2D eigenvalue weighted by Crippen LogP contribution is -2.31. The number of rotatable bonds is 5. The van der Waals surface area contributed by atoms with E-state index in [0.29, 0.717) is 5.88 Å². The number of carbonyl (C=O) groups is 1. The van der Waals surface area contributed by atoms with Crippen LogP contribution in [0.4, 0.5) is 0 Å². The molecule has 6 heteroatoms. The van der Waals surface area contributed by atoms with Crippen molar-refractivity contribution in [2.45, 2.75) is 40.7 Å². The molecule has 1 unspecified atom stereocenters. The van der Waals surface area contributed by atoms with E-state index in [0.717, 1.165) is 21.3 Å². The molecule has 5 nitrogen and oxygen atoms in total. The molecular formula is C20H23N3O2S. The van der Waals surface area contributed by atoms with E-state index in [-0.39, 0.29) is 18.6 Å². The number of fused-ring (bicyclic) bond motifs is 1. The van der Waals surface area contributed by atoms with Gasteiger partial charge in [-0.15, -0.1) is 11.3 Å². The second kappa shape index (κ2) is 7.41. The normalized spacial score (nSPS) is 12.2. The van der Waals surface area contributed by atoms with E-state index in [9.17, 15) is 4.79 Å². The molecule has 0 radical (unpaired) electrons. The maximum absolute atomic E-state index is 12.3. The van der Waals surface area contributed by atoms with Gasteiger partial charge in [0, 0.05) is 4.88 Å². The van der Waals surface area contributed by atoms with Crippen LogP contribution in [0.5, 0.6) is 5.88 Å². The molecule has 26 heavy (non-hydrogen) atoms. The van der Waals surface area contributed by atoms with E-state index in [4.69, 9.17) is 4.74 Å². The van der Waals surface area contributed by atoms with Crippen LogP contribution < -0.4 is 10.1 Å². The summed E-state index contributed by atoms with van der Waals surface area (Å²) in [5.41, 5.74) is 4.64. The zero-order valence-corrected chi connectivity index (χ0v) is 16.5. The van der Waals surface area contributed by atoms with Crippen LogP contribution in [-0.4, -0.2) is 22.5 Å². The second-order valence-corrected chi connectivity index (χ2v) is 7.77. The van der Waals surface area contributed by atoms with Crippen molar-refractivity contribution >= 4 is 27.5 Å². The van der Waals surface area contributed by atoms with Crippen LogP contribution in [0.15, 0.2) is 24.5 Å². The molecule has 1 atom stereocenters. The number of hydrogen-bond donors (Lipinski definition) is 1. The standard InChI is InChI=1S/C20H23N3O2S/c1-11-6-7-16(8-12(11)2)14(4)23-17(24)9-25-19-18-13(3)15(5)26-20(18)22-10-21-19/h6-8,10,14H,9H2,1-5H3,(H,23,24). The molecular weight excluding hydrogens is 346 g/mol. The predicted molar refractivity (Wildman–Crippen MR) is 105 cm³/mol. The van der Waals surface area contributed by atoms with E-state index >= 15 is 0 Å². The Morgan fingerprint density at radius 1 is 1.19 bits per heavy atom. The van der Waals surface area contributed by atoms with Crippen molar-refractivity contribution in [2.75, 3.05) is 6.61 Å². The van der Waals surface area contributed by atoms with Gasteiger partial charge in [-0.2, -0.15) is 0 Å². The summed E-state index contributed by atoms with van der Waals surface area (Å²) in [6.07, 6.45) is 1.47. The second-order valence-electron chi connectivity index (χ2n) is 6.56. The summed E-state index contributed by atoms with van der Waals surface area (Å²) >= 11 is 1.61. The van der Waals surface area contributed by atoms with Crippen molar-refractivity contribution in [2.24, 2.45) is 0 Å². The predicted octanol–water partition coefficient (Wildman–Crippen LogP) is 4.18. The monoisotopic (exact) mass is 369 g/mol. The van der Waals surface area contributed by atoms with Gasteiger partial charge in [-0.1, -0.05) is 18.2 Å². The number of hydrogen-bond acceptors (Lipinski definition) is 5. The molecule has 0 saturated carbocycles. The van der Waals surface area contributed by atoms with Crippen molar-refractivity contribution < 1.29 is 9.53 Å². The topological polar surface area (TPSA) is 64.1 Å². The van der Waals surface area contributed by atoms with Crippen LogP contribution in [0.25, 0.3) is 10.2 Å². The molecule has 0 spiro atoms. The molecule has 0 aliphatic carbocycles. The molecule has 136 valence electrons. The summed E-state index contributed by atoms with van der Waals surface area (Å²) < 4.78 is 5.70. The maximum Gasteiger partial charge on any atom is 0.258 e. The number of aromatic nitrogens is 2. The third kappa shape index (κ3) is 3.70. The number of nitrogens with zero attached hydrogens (tertiary/aromatic N) is 2. The number of carbonyl (C=O) groups excluding carboxylic acids is 1. The van der Waals surface area contributed by atoms with E-state index in [1.807, 2.05) is 26.8 Å². The average Bonchev–Trinajstić information content (AvgIpc) is 2.90. The first-order valence-electron chi connectivity index (χ1n) is 8.57. The highest BCUT2D eigenvalue weighted by Gasteiger charge is 2.15. The first-order valence-corrected chi connectivity index (χ1v) is 9.38. The van der Waals surface area contributed by atoms with E-state index in [1.165, 1.54) is 22.3 Å². The van der Waals surface area contributed by atoms with Crippen LogP contribution in [0.2, 0.25) is 0 Å². The van der Waals surface area contributed by atoms with Gasteiger partial charge in [-0.05, 0) is 56.9 Å². The van der Waals surface area contributed by atoms with Crippen molar-refractivity contribution in [1.29, 1.82) is 0 Å². The Bertz CT molecular complexity index is 965. The zero-order chi connectivity index (χ0) is 18.8. The molecule has 2 heterocycles. The molecule has 0 bridgehead atoms. The lowest BCUT2D eigenvalue weighted by molar-refractivity contribution is -0.123. The average molecular weight is 369 g/mol. The first kappa shape index (κ1) is 18.3. The van der Waals surface area contributed by atoms with Gasteiger partial charge in [0.15, 0.2) is 6.61 Å². The molecule has 3 aromatic rings. The number of ether oxygens (including phenoxy) is 1. The highest BCUT2D eigenvalue weighted by Crippen LogP contribution is 2.33. The third-order valence-corrected chi connectivity index (χ3v) is 5.79. The fourth-order valence-electron chi connectivity index (χ4n) is 2.79. The summed E-state index contributed by atoms with van der Waals surface area (Å²) in [4.78, 5) is 22.8. The summed E-state index contributed by atoms with van der Waals surface area (Å²) in [5.74, 6) is 0.290. The maximum atomic E-state index is 12.3. The third-order valence-electron chi connectivity index (χ3n) is 4.68. The Morgan fingerprint density at radius 2 is 1.96 bits per heavy atom. The highest BCUT2D eigenvalue weighted by molar-refractivity contribution is 7.18. The zero-order valence-electron chi connectivity index (χ0n) is 15.7. The lowest BCUT2D eigenvalue weighted by atomic mass is 10.0. The van der Waals surface area contributed by atoms with Crippen LogP contribution >= 0.6 is 11.3 Å². The Labute approximate surface area is 157 Å². The number of thiophene rings is 1. The number of benzene rings is 1. The quantitative estimate of drug-likeness (QED) is 0.733. The van der Waals surface area contributed by atoms with Gasteiger partial charge in [-0.3, -0.25) is 4.79 Å². The van der Waals surface area contributed by atoms with E-state index in [1.54, 1.807) is 11.3 Å². The molecule has 0 fully saturated rings. The molecule has 1 aromatic carbocycles. The van der Waals surface area contributed by atoms with Crippen LogP contribution in [0, 0.1) is 27.7 Å². The van der Waals surface area contributed by atoms with Gasteiger partial charge < -0.3 is 10.1 Å². The summed E-state index contributed by atoms with van der Waals surface area (Å²) in [7, 11) is 0.